The van der Waals surface area contributed by atoms with Crippen LogP contribution in [-0.2, 0) is 0 Å². The molecule has 0 aliphatic heterocycles. The molecule has 108 valence electrons. The highest BCUT2D eigenvalue weighted by Gasteiger charge is 2.41. The van der Waals surface area contributed by atoms with Crippen LogP contribution in [0.5, 0.6) is 5.75 Å². The molecular formula is C15H20N2O3. The maximum Gasteiger partial charge on any atom is 0.311 e. The molecule has 1 aromatic carbocycles. The lowest BCUT2D eigenvalue weighted by atomic mass is 10.1. The number of anilines is 1. The van der Waals surface area contributed by atoms with E-state index in [0.29, 0.717) is 18.4 Å². The fourth-order valence-electron chi connectivity index (χ4n) is 2.75. The first-order valence-electron chi connectivity index (χ1n) is 7.37. The van der Waals surface area contributed by atoms with Crippen molar-refractivity contribution in [3.63, 3.8) is 0 Å². The zero-order valence-corrected chi connectivity index (χ0v) is 11.7. The summed E-state index contributed by atoms with van der Waals surface area (Å²) in [5.41, 5.74) is 0.967. The number of hydrogen-bond acceptors (Lipinski definition) is 4. The van der Waals surface area contributed by atoms with E-state index >= 15 is 0 Å². The molecule has 3 rings (SSSR count). The van der Waals surface area contributed by atoms with Crippen molar-refractivity contribution in [3.8, 4) is 5.75 Å². The minimum Gasteiger partial charge on any atom is -0.487 e. The number of nitro benzene ring substituents is 1. The van der Waals surface area contributed by atoms with Gasteiger partial charge in [-0.1, -0.05) is 0 Å². The average molecular weight is 276 g/mol. The first kappa shape index (κ1) is 13.2. The molecule has 5 nitrogen and oxygen atoms in total. The molecular weight excluding hydrogens is 256 g/mol. The second-order valence-corrected chi connectivity index (χ2v) is 5.72. The molecule has 0 spiro atoms. The number of rotatable bonds is 7. The summed E-state index contributed by atoms with van der Waals surface area (Å²) in [4.78, 5) is 10.6. The van der Waals surface area contributed by atoms with Gasteiger partial charge in [0, 0.05) is 23.9 Å². The second kappa shape index (κ2) is 5.31. The Hall–Kier alpha value is -1.78. The summed E-state index contributed by atoms with van der Waals surface area (Å²) < 4.78 is 5.39. The summed E-state index contributed by atoms with van der Waals surface area (Å²) in [5.74, 6) is 1.93. The Morgan fingerprint density at radius 3 is 2.50 bits per heavy atom. The van der Waals surface area contributed by atoms with Gasteiger partial charge >= 0.3 is 5.69 Å². The molecule has 1 aromatic rings. The predicted molar refractivity (Wildman–Crippen MR) is 77.1 cm³/mol. The van der Waals surface area contributed by atoms with Gasteiger partial charge in [-0.15, -0.1) is 0 Å². The number of benzene rings is 1. The Balaban J connectivity index is 1.78. The lowest BCUT2D eigenvalue weighted by Gasteiger charge is -2.19. The van der Waals surface area contributed by atoms with Crippen LogP contribution in [0.2, 0.25) is 0 Å². The normalized spacial score (nSPS) is 18.1. The summed E-state index contributed by atoms with van der Waals surface area (Å²) in [7, 11) is 0. The molecule has 0 radical (unpaired) electrons. The van der Waals surface area contributed by atoms with Crippen LogP contribution >= 0.6 is 0 Å². The molecule has 2 aliphatic rings. The number of nitro groups is 1. The summed E-state index contributed by atoms with van der Waals surface area (Å²) >= 11 is 0. The van der Waals surface area contributed by atoms with E-state index in [4.69, 9.17) is 4.74 Å². The van der Waals surface area contributed by atoms with E-state index in [2.05, 4.69) is 5.32 Å². The third-order valence-electron chi connectivity index (χ3n) is 4.05. The monoisotopic (exact) mass is 276 g/mol. The van der Waals surface area contributed by atoms with Crippen LogP contribution in [0.4, 0.5) is 11.4 Å². The Bertz CT molecular complexity index is 498. The van der Waals surface area contributed by atoms with Crippen LogP contribution < -0.4 is 10.1 Å². The van der Waals surface area contributed by atoms with Gasteiger partial charge in [0.2, 0.25) is 0 Å². The van der Waals surface area contributed by atoms with Crippen LogP contribution in [0.1, 0.15) is 32.6 Å². The zero-order valence-electron chi connectivity index (χ0n) is 11.7. The molecule has 5 heteroatoms. The minimum atomic E-state index is -0.395. The fraction of sp³-hybridized carbons (Fsp3) is 0.600. The number of nitrogens with zero attached hydrogens (tertiary/aromatic N) is 1. The van der Waals surface area contributed by atoms with Gasteiger partial charge in [0.25, 0.3) is 0 Å². The number of ether oxygens (including phenoxy) is 1. The van der Waals surface area contributed by atoms with Crippen molar-refractivity contribution >= 4 is 11.4 Å². The maximum atomic E-state index is 11.0. The lowest BCUT2D eigenvalue weighted by molar-refractivity contribution is -0.385. The van der Waals surface area contributed by atoms with E-state index in [1.165, 1.54) is 31.7 Å². The third-order valence-corrected chi connectivity index (χ3v) is 4.05. The van der Waals surface area contributed by atoms with Gasteiger partial charge in [-0.25, -0.2) is 0 Å². The molecule has 20 heavy (non-hydrogen) atoms. The number of nitrogens with one attached hydrogen (secondary N) is 1. The summed E-state index contributed by atoms with van der Waals surface area (Å²) in [5, 5.41) is 14.5. The van der Waals surface area contributed by atoms with Crippen molar-refractivity contribution < 1.29 is 9.66 Å². The largest absolute Gasteiger partial charge is 0.487 e. The molecule has 0 heterocycles. The van der Waals surface area contributed by atoms with Crippen molar-refractivity contribution in [3.05, 3.63) is 28.3 Å². The smallest absolute Gasteiger partial charge is 0.311 e. The van der Waals surface area contributed by atoms with Gasteiger partial charge in [-0.05, 0) is 50.5 Å². The van der Waals surface area contributed by atoms with E-state index in [1.807, 2.05) is 6.92 Å². The molecule has 2 fully saturated rings. The first-order valence-corrected chi connectivity index (χ1v) is 7.37. The molecule has 0 amide bonds. The van der Waals surface area contributed by atoms with E-state index in [-0.39, 0.29) is 5.69 Å². The Kier molecular flexibility index (Phi) is 3.51. The Labute approximate surface area is 118 Å². The second-order valence-electron chi connectivity index (χ2n) is 5.72. The van der Waals surface area contributed by atoms with E-state index in [0.717, 1.165) is 17.5 Å². The van der Waals surface area contributed by atoms with Crippen molar-refractivity contribution in [1.82, 2.24) is 0 Å². The van der Waals surface area contributed by atoms with Crippen LogP contribution in [0.25, 0.3) is 0 Å². The molecule has 0 saturated heterocycles. The zero-order chi connectivity index (χ0) is 14.1. The molecule has 1 N–H and O–H groups in total. The quantitative estimate of drug-likeness (QED) is 0.610. The molecule has 0 bridgehead atoms. The summed E-state index contributed by atoms with van der Waals surface area (Å²) in [6, 6.07) is 5.62. The molecule has 0 aromatic heterocycles. The SMILES string of the molecule is CCOc1cc(NC(C2CC2)C2CC2)ccc1[N+](=O)[O-]. The van der Waals surface area contributed by atoms with Crippen LogP contribution in [0.15, 0.2) is 18.2 Å². The van der Waals surface area contributed by atoms with E-state index in [9.17, 15) is 10.1 Å². The lowest BCUT2D eigenvalue weighted by Crippen LogP contribution is -2.24. The highest BCUT2D eigenvalue weighted by Crippen LogP contribution is 2.46. The first-order chi connectivity index (χ1) is 9.69. The fourth-order valence-corrected chi connectivity index (χ4v) is 2.75. The van der Waals surface area contributed by atoms with Crippen molar-refractivity contribution in [1.29, 1.82) is 0 Å². The molecule has 0 atom stereocenters. The molecule has 2 saturated carbocycles. The van der Waals surface area contributed by atoms with E-state index < -0.39 is 4.92 Å². The van der Waals surface area contributed by atoms with E-state index in [1.54, 1.807) is 12.1 Å². The summed E-state index contributed by atoms with van der Waals surface area (Å²) in [6.45, 7) is 2.26. The standard InChI is InChI=1S/C15H20N2O3/c1-2-20-14-9-12(7-8-13(14)17(18)19)16-15(10-3-4-10)11-5-6-11/h7-11,15-16H,2-6H2,1H3. The van der Waals surface area contributed by atoms with Gasteiger partial charge in [0.05, 0.1) is 11.5 Å². The van der Waals surface area contributed by atoms with Gasteiger partial charge in [-0.3, -0.25) is 10.1 Å². The van der Waals surface area contributed by atoms with Crippen molar-refractivity contribution in [2.24, 2.45) is 11.8 Å². The molecule has 2 aliphatic carbocycles. The Morgan fingerprint density at radius 1 is 1.35 bits per heavy atom. The van der Waals surface area contributed by atoms with Crippen LogP contribution in [0, 0.1) is 22.0 Å². The van der Waals surface area contributed by atoms with Gasteiger partial charge in [0.15, 0.2) is 5.75 Å². The Morgan fingerprint density at radius 2 is 2.00 bits per heavy atom. The highest BCUT2D eigenvalue weighted by molar-refractivity contribution is 5.58. The van der Waals surface area contributed by atoms with Gasteiger partial charge in [-0.2, -0.15) is 0 Å². The average Bonchev–Trinajstić information content (AvgIpc) is 3.28. The maximum absolute atomic E-state index is 11.0. The van der Waals surface area contributed by atoms with Crippen LogP contribution in [0.3, 0.4) is 0 Å². The van der Waals surface area contributed by atoms with Gasteiger partial charge in [0.1, 0.15) is 0 Å². The highest BCUT2D eigenvalue weighted by atomic mass is 16.6. The number of hydrogen-bond donors (Lipinski definition) is 1. The van der Waals surface area contributed by atoms with Gasteiger partial charge < -0.3 is 10.1 Å². The van der Waals surface area contributed by atoms with Crippen LogP contribution in [-0.4, -0.2) is 17.6 Å². The predicted octanol–water partition coefficient (Wildman–Crippen LogP) is 3.59. The van der Waals surface area contributed by atoms with Crippen molar-refractivity contribution in [2.75, 3.05) is 11.9 Å². The minimum absolute atomic E-state index is 0.0341. The molecule has 0 unspecified atom stereocenters. The van der Waals surface area contributed by atoms with Crippen molar-refractivity contribution in [2.45, 2.75) is 38.6 Å². The summed E-state index contributed by atoms with van der Waals surface area (Å²) in [6.07, 6.45) is 5.22. The topological polar surface area (TPSA) is 64.4 Å². The third kappa shape index (κ3) is 2.86.